The quantitative estimate of drug-likeness (QED) is 0.757. The van der Waals surface area contributed by atoms with E-state index in [4.69, 9.17) is 4.42 Å². The molecule has 1 N–H and O–H groups in total. The van der Waals surface area contributed by atoms with Crippen molar-refractivity contribution in [3.8, 4) is 0 Å². The molecule has 0 aliphatic heterocycles. The highest BCUT2D eigenvalue weighted by Crippen LogP contribution is 2.32. The Morgan fingerprint density at radius 1 is 1.04 bits per heavy atom. The molecule has 0 fully saturated rings. The number of hydrogen-bond acceptors (Lipinski definition) is 3. The molecule has 0 saturated carbocycles. The number of nitrogens with zero attached hydrogens (tertiary/aromatic N) is 1. The van der Waals surface area contributed by atoms with Gasteiger partial charge in [-0.15, -0.1) is 0 Å². The standard InChI is InChI=1S/C21H22N2O2/c24-21(13-15-9-11-22-12-10-15)23-16-7-8-20-18(14-16)17-5-3-1-2-4-6-19(17)25-20/h7-12,14H,1-6,13H2,(H,23,24). The van der Waals surface area contributed by atoms with E-state index in [9.17, 15) is 4.79 Å². The van der Waals surface area contributed by atoms with Gasteiger partial charge in [-0.05, 0) is 55.2 Å². The highest BCUT2D eigenvalue weighted by molar-refractivity contribution is 5.95. The molecular weight excluding hydrogens is 312 g/mol. The van der Waals surface area contributed by atoms with Crippen LogP contribution in [0.2, 0.25) is 0 Å². The van der Waals surface area contributed by atoms with E-state index in [0.29, 0.717) is 6.42 Å². The van der Waals surface area contributed by atoms with E-state index in [1.807, 2.05) is 24.3 Å². The Morgan fingerprint density at radius 3 is 2.68 bits per heavy atom. The van der Waals surface area contributed by atoms with Gasteiger partial charge in [-0.3, -0.25) is 9.78 Å². The lowest BCUT2D eigenvalue weighted by molar-refractivity contribution is -0.115. The van der Waals surface area contributed by atoms with Crippen molar-refractivity contribution >= 4 is 22.6 Å². The van der Waals surface area contributed by atoms with Crippen LogP contribution in [-0.4, -0.2) is 10.9 Å². The lowest BCUT2D eigenvalue weighted by Gasteiger charge is -2.08. The molecule has 3 aromatic rings. The van der Waals surface area contributed by atoms with E-state index in [0.717, 1.165) is 40.8 Å². The van der Waals surface area contributed by atoms with Crippen LogP contribution in [0.25, 0.3) is 11.0 Å². The Labute approximate surface area is 147 Å². The van der Waals surface area contributed by atoms with E-state index >= 15 is 0 Å². The first kappa shape index (κ1) is 15.9. The second kappa shape index (κ2) is 7.09. The van der Waals surface area contributed by atoms with E-state index < -0.39 is 0 Å². The van der Waals surface area contributed by atoms with Crippen LogP contribution >= 0.6 is 0 Å². The van der Waals surface area contributed by atoms with Crippen LogP contribution in [0.4, 0.5) is 5.69 Å². The average Bonchev–Trinajstić information content (AvgIpc) is 2.91. The summed E-state index contributed by atoms with van der Waals surface area (Å²) in [6.45, 7) is 0. The van der Waals surface area contributed by atoms with Gasteiger partial charge < -0.3 is 9.73 Å². The summed E-state index contributed by atoms with van der Waals surface area (Å²) in [5.41, 5.74) is 4.05. The fraction of sp³-hybridized carbons (Fsp3) is 0.333. The zero-order chi connectivity index (χ0) is 17.1. The Bertz CT molecular complexity index is 884. The van der Waals surface area contributed by atoms with Gasteiger partial charge in [-0.2, -0.15) is 0 Å². The van der Waals surface area contributed by atoms with Gasteiger partial charge in [0.1, 0.15) is 11.3 Å². The predicted octanol–water partition coefficient (Wildman–Crippen LogP) is 4.67. The minimum Gasteiger partial charge on any atom is -0.461 e. The summed E-state index contributed by atoms with van der Waals surface area (Å²) in [5, 5.41) is 4.16. The monoisotopic (exact) mass is 334 g/mol. The average molecular weight is 334 g/mol. The number of fused-ring (bicyclic) bond motifs is 3. The van der Waals surface area contributed by atoms with Gasteiger partial charge in [0.05, 0.1) is 6.42 Å². The second-order valence-corrected chi connectivity index (χ2v) is 6.71. The molecule has 1 aliphatic carbocycles. The third-order valence-electron chi connectivity index (χ3n) is 4.85. The lowest BCUT2D eigenvalue weighted by Crippen LogP contribution is -2.14. The third-order valence-corrected chi connectivity index (χ3v) is 4.85. The zero-order valence-electron chi connectivity index (χ0n) is 14.3. The Kier molecular flexibility index (Phi) is 4.51. The van der Waals surface area contributed by atoms with Crippen molar-refractivity contribution in [3.63, 3.8) is 0 Å². The summed E-state index contributed by atoms with van der Waals surface area (Å²) >= 11 is 0. The highest BCUT2D eigenvalue weighted by Gasteiger charge is 2.16. The Balaban J connectivity index is 1.56. The maximum absolute atomic E-state index is 12.3. The minimum absolute atomic E-state index is 0.0167. The molecule has 1 amide bonds. The van der Waals surface area contributed by atoms with Crippen molar-refractivity contribution in [3.05, 3.63) is 59.6 Å². The first-order chi connectivity index (χ1) is 12.3. The molecule has 4 heteroatoms. The fourth-order valence-corrected chi connectivity index (χ4v) is 3.59. The number of nitrogens with one attached hydrogen (secondary N) is 1. The first-order valence-electron chi connectivity index (χ1n) is 9.03. The van der Waals surface area contributed by atoms with Crippen LogP contribution in [0.1, 0.15) is 42.6 Å². The molecule has 4 nitrogen and oxygen atoms in total. The number of hydrogen-bond donors (Lipinski definition) is 1. The van der Waals surface area contributed by atoms with Gasteiger partial charge in [-0.25, -0.2) is 0 Å². The lowest BCUT2D eigenvalue weighted by atomic mass is 9.97. The largest absolute Gasteiger partial charge is 0.461 e. The van der Waals surface area contributed by atoms with Crippen LogP contribution in [-0.2, 0) is 24.1 Å². The van der Waals surface area contributed by atoms with Gasteiger partial charge in [0, 0.05) is 35.5 Å². The van der Waals surface area contributed by atoms with Crippen molar-refractivity contribution < 1.29 is 9.21 Å². The molecule has 0 atom stereocenters. The summed E-state index contributed by atoms with van der Waals surface area (Å²) in [6, 6.07) is 9.68. The maximum Gasteiger partial charge on any atom is 0.228 e. The number of furan rings is 1. The molecule has 0 spiro atoms. The second-order valence-electron chi connectivity index (χ2n) is 6.71. The molecular formula is C21H22N2O2. The molecule has 0 saturated heterocycles. The molecule has 25 heavy (non-hydrogen) atoms. The Hall–Kier alpha value is -2.62. The molecule has 0 unspecified atom stereocenters. The number of aryl methyl sites for hydroxylation is 2. The van der Waals surface area contributed by atoms with E-state index in [2.05, 4.69) is 16.4 Å². The van der Waals surface area contributed by atoms with Crippen LogP contribution in [0.5, 0.6) is 0 Å². The van der Waals surface area contributed by atoms with Gasteiger partial charge in [-0.1, -0.05) is 12.8 Å². The van der Waals surface area contributed by atoms with E-state index in [1.165, 1.54) is 31.2 Å². The SMILES string of the molecule is O=C(Cc1ccncc1)Nc1ccc2oc3c(c2c1)CCCCCC3. The van der Waals surface area contributed by atoms with Gasteiger partial charge in [0.2, 0.25) is 5.91 Å². The maximum atomic E-state index is 12.3. The van der Waals surface area contributed by atoms with E-state index in [-0.39, 0.29) is 5.91 Å². The third kappa shape index (κ3) is 3.58. The van der Waals surface area contributed by atoms with Crippen molar-refractivity contribution in [1.82, 2.24) is 4.98 Å². The molecule has 128 valence electrons. The van der Waals surface area contributed by atoms with Crippen LogP contribution in [0.3, 0.4) is 0 Å². The number of anilines is 1. The van der Waals surface area contributed by atoms with Crippen molar-refractivity contribution in [2.45, 2.75) is 44.9 Å². The van der Waals surface area contributed by atoms with Crippen LogP contribution in [0.15, 0.2) is 47.1 Å². The number of carbonyl (C=O) groups is 1. The van der Waals surface area contributed by atoms with Gasteiger partial charge in [0.25, 0.3) is 0 Å². The minimum atomic E-state index is -0.0167. The summed E-state index contributed by atoms with van der Waals surface area (Å²) in [7, 11) is 0. The Morgan fingerprint density at radius 2 is 1.84 bits per heavy atom. The summed E-state index contributed by atoms with van der Waals surface area (Å²) in [5.74, 6) is 1.12. The van der Waals surface area contributed by atoms with E-state index in [1.54, 1.807) is 12.4 Å². The van der Waals surface area contributed by atoms with Crippen LogP contribution in [0, 0.1) is 0 Å². The number of rotatable bonds is 3. The molecule has 0 radical (unpaired) electrons. The number of aromatic nitrogens is 1. The molecule has 0 bridgehead atoms. The fourth-order valence-electron chi connectivity index (χ4n) is 3.59. The highest BCUT2D eigenvalue weighted by atomic mass is 16.3. The van der Waals surface area contributed by atoms with Gasteiger partial charge >= 0.3 is 0 Å². The normalized spacial score (nSPS) is 14.6. The smallest absolute Gasteiger partial charge is 0.228 e. The first-order valence-corrected chi connectivity index (χ1v) is 9.03. The summed E-state index contributed by atoms with van der Waals surface area (Å²) in [6.07, 6.45) is 10.8. The van der Waals surface area contributed by atoms with Crippen molar-refractivity contribution in [1.29, 1.82) is 0 Å². The van der Waals surface area contributed by atoms with Crippen LogP contribution < -0.4 is 5.32 Å². The summed E-state index contributed by atoms with van der Waals surface area (Å²) < 4.78 is 6.06. The van der Waals surface area contributed by atoms with Crippen molar-refractivity contribution in [2.75, 3.05) is 5.32 Å². The molecule has 2 aromatic heterocycles. The molecule has 1 aromatic carbocycles. The number of pyridine rings is 1. The summed E-state index contributed by atoms with van der Waals surface area (Å²) in [4.78, 5) is 16.3. The zero-order valence-corrected chi connectivity index (χ0v) is 14.3. The molecule has 4 rings (SSSR count). The molecule has 2 heterocycles. The number of amides is 1. The number of benzene rings is 1. The topological polar surface area (TPSA) is 55.1 Å². The molecule has 1 aliphatic rings. The van der Waals surface area contributed by atoms with Crippen molar-refractivity contribution in [2.24, 2.45) is 0 Å². The van der Waals surface area contributed by atoms with Gasteiger partial charge in [0.15, 0.2) is 0 Å². The predicted molar refractivity (Wildman–Crippen MR) is 98.7 cm³/mol. The number of carbonyl (C=O) groups excluding carboxylic acids is 1.